The molecule has 0 radical (unpaired) electrons. The third kappa shape index (κ3) is 10.5. The summed E-state index contributed by atoms with van der Waals surface area (Å²) in [6.07, 6.45) is 7.86. The molecule has 0 spiro atoms. The molecule has 59 heavy (non-hydrogen) atoms. The van der Waals surface area contributed by atoms with Gasteiger partial charge in [0.15, 0.2) is 0 Å². The van der Waals surface area contributed by atoms with Crippen molar-refractivity contribution in [3.63, 3.8) is 0 Å². The monoisotopic (exact) mass is 813 g/mol. The summed E-state index contributed by atoms with van der Waals surface area (Å²) >= 11 is 6.95. The highest BCUT2D eigenvalue weighted by Crippen LogP contribution is 2.37. The van der Waals surface area contributed by atoms with Gasteiger partial charge in [-0.25, -0.2) is 0 Å². The van der Waals surface area contributed by atoms with Crippen LogP contribution in [0.25, 0.3) is 11.1 Å². The minimum Gasteiger partial charge on any atom is -0.495 e. The van der Waals surface area contributed by atoms with Gasteiger partial charge in [-0.15, -0.1) is 0 Å². The number of piperidine rings is 1. The average molecular weight is 814 g/mol. The van der Waals surface area contributed by atoms with Crippen LogP contribution in [0.15, 0.2) is 91.3 Å². The Bertz CT molecular complexity index is 2230. The summed E-state index contributed by atoms with van der Waals surface area (Å²) in [5.74, 6) is 3.13. The highest BCUT2D eigenvalue weighted by atomic mass is 35.5. The number of anilines is 1. The van der Waals surface area contributed by atoms with Gasteiger partial charge in [0.1, 0.15) is 42.3 Å². The number of rotatable bonds is 16. The molecule has 0 N–H and O–H groups in total. The van der Waals surface area contributed by atoms with E-state index in [4.69, 9.17) is 30.5 Å². The standard InChI is InChI=1S/C49H56ClN5O4/c1-35-12-7-8-20-55(35)32-41-27-44(50)49(28-48(41)58-33-39-26-38(29-51)30-52-31-39)59-34-40-13-9-14-42(36(40)2)43-15-10-18-46(37(43)3)57-25-11-19-53-21-23-54(24-22-53)45-16-5-6-17-47(45)56-4/h5-6,9-10,13-18,26-28,30-31,35H,7-8,11-12,19-25,32-34H2,1-4H3/t35-/m1/s1. The van der Waals surface area contributed by atoms with E-state index in [-0.39, 0.29) is 6.61 Å². The molecule has 4 aromatic carbocycles. The molecule has 10 heteroatoms. The van der Waals surface area contributed by atoms with E-state index in [9.17, 15) is 5.26 Å². The van der Waals surface area contributed by atoms with Crippen LogP contribution in [0.2, 0.25) is 5.02 Å². The first kappa shape index (κ1) is 41.9. The average Bonchev–Trinajstić information content (AvgIpc) is 3.26. The van der Waals surface area contributed by atoms with Gasteiger partial charge >= 0.3 is 0 Å². The summed E-state index contributed by atoms with van der Waals surface area (Å²) in [4.78, 5) is 11.6. The van der Waals surface area contributed by atoms with Crippen molar-refractivity contribution in [3.05, 3.63) is 130 Å². The van der Waals surface area contributed by atoms with Crippen LogP contribution in [0, 0.1) is 25.2 Å². The van der Waals surface area contributed by atoms with Crippen LogP contribution in [-0.2, 0) is 19.8 Å². The van der Waals surface area contributed by atoms with E-state index in [0.717, 1.165) is 103 Å². The van der Waals surface area contributed by atoms with Gasteiger partial charge in [-0.1, -0.05) is 60.5 Å². The fourth-order valence-corrected chi connectivity index (χ4v) is 8.51. The van der Waals surface area contributed by atoms with Crippen LogP contribution in [0.4, 0.5) is 5.69 Å². The first-order valence-corrected chi connectivity index (χ1v) is 21.3. The second-order valence-corrected chi connectivity index (χ2v) is 16.1. The number of methoxy groups -OCH3 is 1. The van der Waals surface area contributed by atoms with Crippen LogP contribution >= 0.6 is 11.6 Å². The summed E-state index contributed by atoms with van der Waals surface area (Å²) in [5, 5.41) is 9.94. The van der Waals surface area contributed by atoms with Crippen LogP contribution in [0.3, 0.4) is 0 Å². The first-order chi connectivity index (χ1) is 28.8. The topological polar surface area (TPSA) is 83.3 Å². The van der Waals surface area contributed by atoms with Gasteiger partial charge < -0.3 is 23.8 Å². The number of nitriles is 1. The Hall–Kier alpha value is -5.27. The molecule has 3 heterocycles. The van der Waals surface area contributed by atoms with Gasteiger partial charge in [0, 0.05) is 74.9 Å². The van der Waals surface area contributed by atoms with E-state index >= 15 is 0 Å². The number of aromatic nitrogens is 1. The summed E-state index contributed by atoms with van der Waals surface area (Å²) < 4.78 is 24.9. The van der Waals surface area contributed by atoms with Crippen molar-refractivity contribution < 1.29 is 18.9 Å². The Morgan fingerprint density at radius 2 is 1.53 bits per heavy atom. The molecular weight excluding hydrogens is 758 g/mol. The lowest BCUT2D eigenvalue weighted by atomic mass is 9.93. The van der Waals surface area contributed by atoms with Gasteiger partial charge in [-0.2, -0.15) is 5.26 Å². The van der Waals surface area contributed by atoms with Crippen molar-refractivity contribution >= 4 is 17.3 Å². The number of hydrogen-bond donors (Lipinski definition) is 0. The molecule has 1 atom stereocenters. The molecule has 2 fully saturated rings. The predicted molar refractivity (Wildman–Crippen MR) is 236 cm³/mol. The molecule has 0 saturated carbocycles. The summed E-state index contributed by atoms with van der Waals surface area (Å²) in [7, 11) is 1.74. The third-order valence-corrected chi connectivity index (χ3v) is 12.1. The largest absolute Gasteiger partial charge is 0.495 e. The Labute approximate surface area is 355 Å². The Morgan fingerprint density at radius 3 is 2.32 bits per heavy atom. The highest BCUT2D eigenvalue weighted by Gasteiger charge is 2.23. The van der Waals surface area contributed by atoms with Crippen LogP contribution < -0.4 is 23.8 Å². The molecule has 1 aromatic heterocycles. The van der Waals surface area contributed by atoms with E-state index in [2.05, 4.69) is 95.1 Å². The number of para-hydroxylation sites is 2. The van der Waals surface area contributed by atoms with E-state index < -0.39 is 0 Å². The second-order valence-electron chi connectivity index (χ2n) is 15.7. The van der Waals surface area contributed by atoms with Crippen molar-refractivity contribution in [2.45, 2.75) is 72.3 Å². The van der Waals surface area contributed by atoms with Gasteiger partial charge in [-0.05, 0) is 105 Å². The SMILES string of the molecule is COc1ccccc1N1CCN(CCCOc2cccc(-c3cccc(COc4cc(OCc5cncc(C#N)c5)c(CN5CCCC[C@H]5C)cc4Cl)c3C)c2C)CC1. The minimum atomic E-state index is 0.276. The maximum absolute atomic E-state index is 9.39. The quantitative estimate of drug-likeness (QED) is 0.0905. The number of ether oxygens (including phenoxy) is 4. The molecule has 2 aliphatic rings. The summed E-state index contributed by atoms with van der Waals surface area (Å²) in [6.45, 7) is 14.7. The molecule has 0 aliphatic carbocycles. The number of piperazine rings is 1. The number of benzene rings is 4. The zero-order valence-electron chi connectivity index (χ0n) is 34.9. The molecule has 7 rings (SSSR count). The van der Waals surface area contributed by atoms with E-state index in [1.807, 2.05) is 24.3 Å². The van der Waals surface area contributed by atoms with Crippen molar-refractivity contribution in [2.24, 2.45) is 0 Å². The Morgan fingerprint density at radius 1 is 0.763 bits per heavy atom. The van der Waals surface area contributed by atoms with Crippen molar-refractivity contribution in [2.75, 3.05) is 57.9 Å². The third-order valence-electron chi connectivity index (χ3n) is 11.8. The fourth-order valence-electron chi connectivity index (χ4n) is 8.27. The number of pyridine rings is 1. The maximum Gasteiger partial charge on any atom is 0.142 e. The van der Waals surface area contributed by atoms with Crippen molar-refractivity contribution in [1.29, 1.82) is 5.26 Å². The lowest BCUT2D eigenvalue weighted by Crippen LogP contribution is -2.46. The van der Waals surface area contributed by atoms with Crippen molar-refractivity contribution in [1.82, 2.24) is 14.8 Å². The molecular formula is C49H56ClN5O4. The predicted octanol–water partition coefficient (Wildman–Crippen LogP) is 10.0. The smallest absolute Gasteiger partial charge is 0.142 e. The lowest BCUT2D eigenvalue weighted by Gasteiger charge is -2.36. The first-order valence-electron chi connectivity index (χ1n) is 20.9. The zero-order valence-corrected chi connectivity index (χ0v) is 35.6. The number of hydrogen-bond acceptors (Lipinski definition) is 9. The van der Waals surface area contributed by atoms with Crippen LogP contribution in [0.1, 0.15) is 66.0 Å². The molecule has 2 aliphatic heterocycles. The molecule has 0 unspecified atom stereocenters. The molecule has 0 bridgehead atoms. The van der Waals surface area contributed by atoms with Gasteiger partial charge in [-0.3, -0.25) is 14.8 Å². The van der Waals surface area contributed by atoms with Crippen LogP contribution in [-0.4, -0.2) is 73.8 Å². The van der Waals surface area contributed by atoms with E-state index in [1.54, 1.807) is 25.6 Å². The molecule has 0 amide bonds. The summed E-state index contributed by atoms with van der Waals surface area (Å²) in [5.41, 5.74) is 9.15. The number of nitrogens with zero attached hydrogens (tertiary/aromatic N) is 5. The van der Waals surface area contributed by atoms with Gasteiger partial charge in [0.25, 0.3) is 0 Å². The molecule has 9 nitrogen and oxygen atoms in total. The Kier molecular flexibility index (Phi) is 14.3. The van der Waals surface area contributed by atoms with Gasteiger partial charge in [0.2, 0.25) is 0 Å². The van der Waals surface area contributed by atoms with Crippen molar-refractivity contribution in [3.8, 4) is 40.2 Å². The zero-order chi connectivity index (χ0) is 41.1. The van der Waals surface area contributed by atoms with E-state index in [1.165, 1.54) is 24.9 Å². The highest BCUT2D eigenvalue weighted by molar-refractivity contribution is 6.32. The second kappa shape index (κ2) is 20.1. The normalized spacial score (nSPS) is 16.1. The maximum atomic E-state index is 9.39. The van der Waals surface area contributed by atoms with Gasteiger partial charge in [0.05, 0.1) is 30.0 Å². The van der Waals surface area contributed by atoms with E-state index in [0.29, 0.717) is 41.3 Å². The fraction of sp³-hybridized carbons (Fsp3) is 0.388. The van der Waals surface area contributed by atoms with Crippen LogP contribution in [0.5, 0.6) is 23.0 Å². The minimum absolute atomic E-state index is 0.276. The molecule has 5 aromatic rings. The summed E-state index contributed by atoms with van der Waals surface area (Å²) in [6, 6.07) is 29.3. The molecule has 308 valence electrons. The number of likely N-dealkylation sites (tertiary alicyclic amines) is 1. The molecule has 2 saturated heterocycles. The Balaban J connectivity index is 0.985. The lowest BCUT2D eigenvalue weighted by molar-refractivity contribution is 0.150. The number of halogens is 1.